The quantitative estimate of drug-likeness (QED) is 0.759. The molecule has 0 bridgehead atoms. The van der Waals surface area contributed by atoms with Gasteiger partial charge in [-0.3, -0.25) is 0 Å². The average Bonchev–Trinajstić information content (AvgIpc) is 2.48. The lowest BCUT2D eigenvalue weighted by Gasteiger charge is -2.44. The maximum absolute atomic E-state index is 6.55. The van der Waals surface area contributed by atoms with E-state index in [2.05, 4.69) is 58.6 Å². The number of ether oxygens (including phenoxy) is 1. The van der Waals surface area contributed by atoms with Gasteiger partial charge in [0.15, 0.2) is 0 Å². The molecule has 2 saturated heterocycles. The van der Waals surface area contributed by atoms with Gasteiger partial charge in [-0.25, -0.2) is 0 Å². The molecule has 2 aliphatic rings. The molecule has 20 heavy (non-hydrogen) atoms. The van der Waals surface area contributed by atoms with Crippen LogP contribution in [-0.4, -0.2) is 23.7 Å². The second kappa shape index (κ2) is 6.55. The molecule has 4 heteroatoms. The van der Waals surface area contributed by atoms with Crippen molar-refractivity contribution in [2.75, 3.05) is 18.1 Å². The van der Waals surface area contributed by atoms with Crippen molar-refractivity contribution in [3.05, 3.63) is 33.4 Å². The molecule has 2 nitrogen and oxygen atoms in total. The van der Waals surface area contributed by atoms with E-state index in [0.717, 1.165) is 19.4 Å². The molecule has 0 aliphatic carbocycles. The molecule has 1 spiro atoms. The van der Waals surface area contributed by atoms with Gasteiger partial charge in [-0.1, -0.05) is 12.1 Å². The van der Waals surface area contributed by atoms with E-state index >= 15 is 0 Å². The number of halogens is 1. The van der Waals surface area contributed by atoms with E-state index in [1.165, 1.54) is 33.5 Å². The number of hydrogen-bond donors (Lipinski definition) is 1. The minimum Gasteiger partial charge on any atom is -0.375 e. The van der Waals surface area contributed by atoms with Gasteiger partial charge in [0, 0.05) is 16.2 Å². The zero-order valence-electron chi connectivity index (χ0n) is 11.7. The molecule has 2 heterocycles. The van der Waals surface area contributed by atoms with E-state index in [1.54, 1.807) is 0 Å². The standard InChI is InChI=1S/C16H22INOS/c17-14-3-1-12(2-4-14)15(18)13-5-8-19-16(11-13)6-9-20-10-7-16/h1-4,13,15H,5-11,18H2. The zero-order valence-corrected chi connectivity index (χ0v) is 14.7. The average molecular weight is 403 g/mol. The molecule has 2 unspecified atom stereocenters. The number of rotatable bonds is 2. The Morgan fingerprint density at radius 2 is 1.95 bits per heavy atom. The lowest BCUT2D eigenvalue weighted by atomic mass is 9.77. The van der Waals surface area contributed by atoms with E-state index in [1.807, 2.05) is 0 Å². The first-order chi connectivity index (χ1) is 9.69. The summed E-state index contributed by atoms with van der Waals surface area (Å²) in [6.07, 6.45) is 4.64. The third kappa shape index (κ3) is 3.34. The molecule has 0 saturated carbocycles. The number of benzene rings is 1. The molecule has 110 valence electrons. The van der Waals surface area contributed by atoms with Crippen LogP contribution in [0, 0.1) is 9.49 Å². The molecule has 0 amide bonds. The van der Waals surface area contributed by atoms with Gasteiger partial charge >= 0.3 is 0 Å². The summed E-state index contributed by atoms with van der Waals surface area (Å²) in [4.78, 5) is 0. The van der Waals surface area contributed by atoms with Crippen LogP contribution < -0.4 is 5.73 Å². The molecule has 0 aromatic heterocycles. The molecular weight excluding hydrogens is 381 g/mol. The first-order valence-corrected chi connectivity index (χ1v) is 9.65. The van der Waals surface area contributed by atoms with E-state index in [9.17, 15) is 0 Å². The largest absolute Gasteiger partial charge is 0.375 e. The summed E-state index contributed by atoms with van der Waals surface area (Å²) in [6, 6.07) is 8.84. The Labute approximate surface area is 139 Å². The van der Waals surface area contributed by atoms with Crippen LogP contribution in [0.4, 0.5) is 0 Å². The van der Waals surface area contributed by atoms with Crippen molar-refractivity contribution in [1.82, 2.24) is 0 Å². The Hall–Kier alpha value is 0.220. The lowest BCUT2D eigenvalue weighted by molar-refractivity contribution is -0.105. The van der Waals surface area contributed by atoms with Gasteiger partial charge in [0.05, 0.1) is 5.60 Å². The molecule has 2 fully saturated rings. The molecule has 1 aromatic carbocycles. The van der Waals surface area contributed by atoms with Crippen LogP contribution >= 0.6 is 34.4 Å². The Kier molecular flexibility index (Phi) is 4.95. The van der Waals surface area contributed by atoms with Gasteiger partial charge in [0.1, 0.15) is 0 Å². The summed E-state index contributed by atoms with van der Waals surface area (Å²) in [5.74, 6) is 3.05. The van der Waals surface area contributed by atoms with Crippen LogP contribution in [0.1, 0.15) is 37.3 Å². The predicted octanol–water partition coefficient (Wildman–Crippen LogP) is 3.98. The van der Waals surface area contributed by atoms with Crippen molar-refractivity contribution in [3.8, 4) is 0 Å². The summed E-state index contributed by atoms with van der Waals surface area (Å²) >= 11 is 4.40. The summed E-state index contributed by atoms with van der Waals surface area (Å²) in [5, 5.41) is 0. The summed E-state index contributed by atoms with van der Waals surface area (Å²) in [7, 11) is 0. The van der Waals surface area contributed by atoms with Crippen LogP contribution in [0.5, 0.6) is 0 Å². The fourth-order valence-electron chi connectivity index (χ4n) is 3.42. The van der Waals surface area contributed by atoms with Crippen LogP contribution in [0.3, 0.4) is 0 Å². The fraction of sp³-hybridized carbons (Fsp3) is 0.625. The Morgan fingerprint density at radius 1 is 1.25 bits per heavy atom. The maximum Gasteiger partial charge on any atom is 0.0701 e. The highest BCUT2D eigenvalue weighted by Gasteiger charge is 2.40. The second-order valence-corrected chi connectivity index (χ2v) is 8.44. The van der Waals surface area contributed by atoms with Gasteiger partial charge in [-0.2, -0.15) is 11.8 Å². The molecule has 2 N–H and O–H groups in total. The predicted molar refractivity (Wildman–Crippen MR) is 94.1 cm³/mol. The first kappa shape index (κ1) is 15.1. The minimum absolute atomic E-state index is 0.134. The molecule has 3 rings (SSSR count). The first-order valence-electron chi connectivity index (χ1n) is 7.41. The lowest BCUT2D eigenvalue weighted by Crippen LogP contribution is -2.45. The van der Waals surface area contributed by atoms with E-state index in [0.29, 0.717) is 5.92 Å². The van der Waals surface area contributed by atoms with Gasteiger partial charge < -0.3 is 10.5 Å². The van der Waals surface area contributed by atoms with E-state index < -0.39 is 0 Å². The van der Waals surface area contributed by atoms with E-state index in [-0.39, 0.29) is 11.6 Å². The van der Waals surface area contributed by atoms with Gasteiger partial charge in [-0.05, 0) is 83.4 Å². The van der Waals surface area contributed by atoms with Crippen molar-refractivity contribution in [3.63, 3.8) is 0 Å². The smallest absolute Gasteiger partial charge is 0.0701 e. The number of thioether (sulfide) groups is 1. The van der Waals surface area contributed by atoms with E-state index in [4.69, 9.17) is 10.5 Å². The minimum atomic E-state index is 0.134. The second-order valence-electron chi connectivity index (χ2n) is 5.97. The number of hydrogen-bond acceptors (Lipinski definition) is 3. The molecule has 1 aromatic rings. The van der Waals surface area contributed by atoms with Gasteiger partial charge in [0.25, 0.3) is 0 Å². The Balaban J connectivity index is 1.71. The maximum atomic E-state index is 6.55. The van der Waals surface area contributed by atoms with Crippen LogP contribution in [0.25, 0.3) is 0 Å². The monoisotopic (exact) mass is 403 g/mol. The molecule has 0 radical (unpaired) electrons. The SMILES string of the molecule is NC(c1ccc(I)cc1)C1CCOC2(CCSCC2)C1. The third-order valence-electron chi connectivity index (χ3n) is 4.70. The summed E-state index contributed by atoms with van der Waals surface area (Å²) < 4.78 is 7.44. The van der Waals surface area contributed by atoms with Crippen molar-refractivity contribution in [2.24, 2.45) is 11.7 Å². The molecule has 2 atom stereocenters. The summed E-state index contributed by atoms with van der Waals surface area (Å²) in [5.41, 5.74) is 7.96. The Morgan fingerprint density at radius 3 is 2.65 bits per heavy atom. The van der Waals surface area contributed by atoms with Crippen molar-refractivity contribution in [2.45, 2.75) is 37.3 Å². The highest BCUT2D eigenvalue weighted by molar-refractivity contribution is 14.1. The zero-order chi connectivity index (χ0) is 14.0. The normalized spacial score (nSPS) is 27.4. The highest BCUT2D eigenvalue weighted by Crippen LogP contribution is 2.42. The highest BCUT2D eigenvalue weighted by atomic mass is 127. The van der Waals surface area contributed by atoms with Crippen molar-refractivity contribution in [1.29, 1.82) is 0 Å². The number of nitrogens with two attached hydrogens (primary N) is 1. The van der Waals surface area contributed by atoms with Gasteiger partial charge in [-0.15, -0.1) is 0 Å². The molecule has 2 aliphatic heterocycles. The van der Waals surface area contributed by atoms with Crippen molar-refractivity contribution >= 4 is 34.4 Å². The topological polar surface area (TPSA) is 35.2 Å². The van der Waals surface area contributed by atoms with Crippen molar-refractivity contribution < 1.29 is 4.74 Å². The Bertz CT molecular complexity index is 439. The third-order valence-corrected chi connectivity index (χ3v) is 6.40. The van der Waals surface area contributed by atoms with Crippen LogP contribution in [-0.2, 0) is 4.74 Å². The van der Waals surface area contributed by atoms with Gasteiger partial charge in [0.2, 0.25) is 0 Å². The van der Waals surface area contributed by atoms with Crippen LogP contribution in [0.15, 0.2) is 24.3 Å². The summed E-state index contributed by atoms with van der Waals surface area (Å²) in [6.45, 7) is 0.882. The fourth-order valence-corrected chi connectivity index (χ4v) is 5.02. The van der Waals surface area contributed by atoms with Crippen LogP contribution in [0.2, 0.25) is 0 Å². The molecular formula is C16H22INOS.